The van der Waals surface area contributed by atoms with Gasteiger partial charge in [-0.2, -0.15) is 0 Å². The van der Waals surface area contributed by atoms with Gasteiger partial charge >= 0.3 is 0 Å². The lowest BCUT2D eigenvalue weighted by molar-refractivity contribution is 0.329. The molecule has 5 nitrogen and oxygen atoms in total. The number of aromatic nitrogens is 2. The van der Waals surface area contributed by atoms with E-state index in [1.165, 1.54) is 5.56 Å². The second-order valence-corrected chi connectivity index (χ2v) is 7.45. The van der Waals surface area contributed by atoms with Crippen molar-refractivity contribution in [3.8, 4) is 11.4 Å². The normalized spacial score (nSPS) is 19.1. The highest BCUT2D eigenvalue weighted by atomic mass is 32.1. The van der Waals surface area contributed by atoms with E-state index < -0.39 is 0 Å². The zero-order chi connectivity index (χ0) is 19.8. The molecule has 3 aromatic rings. The molecule has 2 N–H and O–H groups in total. The van der Waals surface area contributed by atoms with Gasteiger partial charge in [0, 0.05) is 24.1 Å². The number of phenols is 1. The molecule has 0 aliphatic carbocycles. The smallest absolute Gasteiger partial charge is 0.170 e. The largest absolute Gasteiger partial charge is 0.506 e. The van der Waals surface area contributed by atoms with Crippen LogP contribution in [0.25, 0.3) is 5.69 Å². The molecule has 0 bridgehead atoms. The zero-order valence-corrected chi connectivity index (χ0v) is 17.1. The van der Waals surface area contributed by atoms with Crippen LogP contribution in [0.2, 0.25) is 0 Å². The molecule has 1 aliphatic heterocycles. The van der Waals surface area contributed by atoms with Crippen molar-refractivity contribution < 1.29 is 5.11 Å². The van der Waals surface area contributed by atoms with E-state index >= 15 is 0 Å². The predicted octanol–water partition coefficient (Wildman–Crippen LogP) is 4.19. The number of likely N-dealkylation sites (N-methyl/N-ethyl adjacent to an activating group) is 1. The molecular weight excluding hydrogens is 368 g/mol. The molecule has 28 heavy (non-hydrogen) atoms. The van der Waals surface area contributed by atoms with Crippen molar-refractivity contribution in [2.45, 2.75) is 32.9 Å². The highest BCUT2D eigenvalue weighted by molar-refractivity contribution is 7.80. The van der Waals surface area contributed by atoms with E-state index in [9.17, 15) is 5.11 Å². The van der Waals surface area contributed by atoms with Crippen molar-refractivity contribution >= 4 is 17.3 Å². The van der Waals surface area contributed by atoms with E-state index in [1.54, 1.807) is 6.07 Å². The van der Waals surface area contributed by atoms with Crippen LogP contribution in [0.3, 0.4) is 0 Å². The van der Waals surface area contributed by atoms with Crippen molar-refractivity contribution in [3.05, 3.63) is 77.4 Å². The summed E-state index contributed by atoms with van der Waals surface area (Å²) in [5, 5.41) is 14.6. The summed E-state index contributed by atoms with van der Waals surface area (Å²) in [6, 6.07) is 15.6. The number of aromatic hydroxyl groups is 1. The van der Waals surface area contributed by atoms with Gasteiger partial charge in [-0.05, 0) is 68.9 Å². The van der Waals surface area contributed by atoms with Crippen molar-refractivity contribution in [2.24, 2.45) is 0 Å². The third-order valence-corrected chi connectivity index (χ3v) is 5.80. The maximum Gasteiger partial charge on any atom is 0.170 e. The second-order valence-electron chi connectivity index (χ2n) is 7.06. The van der Waals surface area contributed by atoms with Gasteiger partial charge in [0.2, 0.25) is 0 Å². The topological polar surface area (TPSA) is 53.3 Å². The number of para-hydroxylation sites is 2. The molecule has 2 aromatic heterocycles. The van der Waals surface area contributed by atoms with Crippen molar-refractivity contribution in [3.63, 3.8) is 0 Å². The third kappa shape index (κ3) is 2.94. The molecule has 6 heteroatoms. The molecule has 0 saturated carbocycles. The van der Waals surface area contributed by atoms with Crippen LogP contribution in [0.1, 0.15) is 41.7 Å². The minimum Gasteiger partial charge on any atom is -0.506 e. The first-order valence-electron chi connectivity index (χ1n) is 9.48. The minimum absolute atomic E-state index is 0.0213. The Morgan fingerprint density at radius 2 is 1.89 bits per heavy atom. The average molecular weight is 393 g/mol. The quantitative estimate of drug-likeness (QED) is 0.652. The highest BCUT2D eigenvalue weighted by Crippen LogP contribution is 2.41. The summed E-state index contributed by atoms with van der Waals surface area (Å²) in [4.78, 5) is 6.79. The summed E-state index contributed by atoms with van der Waals surface area (Å²) in [5.74, 6) is 0.268. The Labute approximate surface area is 170 Å². The summed E-state index contributed by atoms with van der Waals surface area (Å²) in [7, 11) is 0. The summed E-state index contributed by atoms with van der Waals surface area (Å²) in [6.07, 6.45) is 1.82. The summed E-state index contributed by atoms with van der Waals surface area (Å²) >= 11 is 5.63. The number of hydrogen-bond donors (Lipinski definition) is 2. The maximum atomic E-state index is 10.4. The van der Waals surface area contributed by atoms with Gasteiger partial charge in [-0.25, -0.2) is 0 Å². The van der Waals surface area contributed by atoms with Crippen LogP contribution in [0.15, 0.2) is 54.7 Å². The van der Waals surface area contributed by atoms with Gasteiger partial charge in [-0.15, -0.1) is 0 Å². The molecule has 1 fully saturated rings. The first-order chi connectivity index (χ1) is 13.5. The standard InChI is InChI=1S/C22H24N4OS/c1-4-25-21(20(24-22(25)28)17-9-7-8-12-23-17)16-13-14(2)26(15(16)3)18-10-5-6-11-19(18)27/h5-13,20-21,27H,4H2,1-3H3,(H,24,28)/t20-,21+/m1/s1. The number of pyridine rings is 1. The van der Waals surface area contributed by atoms with Crippen LogP contribution in [0.4, 0.5) is 0 Å². The van der Waals surface area contributed by atoms with Gasteiger partial charge in [0.15, 0.2) is 5.11 Å². The first-order valence-corrected chi connectivity index (χ1v) is 9.89. The number of hydrogen-bond acceptors (Lipinski definition) is 3. The van der Waals surface area contributed by atoms with Gasteiger partial charge in [-0.1, -0.05) is 18.2 Å². The molecule has 2 atom stereocenters. The lowest BCUT2D eigenvalue weighted by Gasteiger charge is -2.27. The minimum atomic E-state index is -0.0213. The Kier molecular flexibility index (Phi) is 4.81. The van der Waals surface area contributed by atoms with E-state index in [1.807, 2.05) is 42.6 Å². The van der Waals surface area contributed by atoms with E-state index in [2.05, 4.69) is 46.6 Å². The Morgan fingerprint density at radius 3 is 2.57 bits per heavy atom. The molecular formula is C22H24N4OS. The van der Waals surface area contributed by atoms with Crippen molar-refractivity contribution in [2.75, 3.05) is 6.54 Å². The SMILES string of the molecule is CCN1C(=S)N[C@H](c2ccccn2)[C@@H]1c1cc(C)n(-c2ccccc2O)c1C. The summed E-state index contributed by atoms with van der Waals surface area (Å²) < 4.78 is 2.11. The van der Waals surface area contributed by atoms with Gasteiger partial charge in [0.1, 0.15) is 5.75 Å². The Bertz CT molecular complexity index is 1010. The fourth-order valence-electron chi connectivity index (χ4n) is 4.20. The van der Waals surface area contributed by atoms with Crippen LogP contribution in [-0.2, 0) is 0 Å². The van der Waals surface area contributed by atoms with Crippen molar-refractivity contribution in [1.82, 2.24) is 19.8 Å². The number of nitrogens with zero attached hydrogens (tertiary/aromatic N) is 3. The van der Waals surface area contributed by atoms with Crippen LogP contribution in [0.5, 0.6) is 5.75 Å². The van der Waals surface area contributed by atoms with Crippen LogP contribution in [0, 0.1) is 13.8 Å². The van der Waals surface area contributed by atoms with E-state index in [4.69, 9.17) is 12.2 Å². The molecule has 0 spiro atoms. The predicted molar refractivity (Wildman–Crippen MR) is 115 cm³/mol. The Balaban J connectivity index is 1.85. The van der Waals surface area contributed by atoms with Gasteiger partial charge in [0.25, 0.3) is 0 Å². The number of phenolic OH excluding ortho intramolecular Hbond substituents is 1. The number of aryl methyl sites for hydroxylation is 1. The molecule has 144 valence electrons. The average Bonchev–Trinajstić information content (AvgIpc) is 3.18. The number of benzene rings is 1. The molecule has 0 unspecified atom stereocenters. The number of rotatable bonds is 4. The van der Waals surface area contributed by atoms with E-state index in [-0.39, 0.29) is 17.8 Å². The monoisotopic (exact) mass is 392 g/mol. The van der Waals surface area contributed by atoms with Gasteiger partial charge in [-0.3, -0.25) is 4.98 Å². The van der Waals surface area contributed by atoms with Crippen LogP contribution >= 0.6 is 12.2 Å². The number of thiocarbonyl (C=S) groups is 1. The fraction of sp³-hybridized carbons (Fsp3) is 0.273. The number of nitrogens with one attached hydrogen (secondary N) is 1. The summed E-state index contributed by atoms with van der Waals surface area (Å²) in [5.41, 5.74) is 5.11. The van der Waals surface area contributed by atoms with Crippen molar-refractivity contribution in [1.29, 1.82) is 0 Å². The maximum absolute atomic E-state index is 10.4. The molecule has 0 radical (unpaired) electrons. The van der Waals surface area contributed by atoms with Crippen LogP contribution in [-0.4, -0.2) is 31.2 Å². The Hall–Kier alpha value is -2.86. The molecule has 1 aromatic carbocycles. The molecule has 3 heterocycles. The van der Waals surface area contributed by atoms with E-state index in [0.29, 0.717) is 0 Å². The van der Waals surface area contributed by atoms with Gasteiger partial charge < -0.3 is 19.9 Å². The molecule has 1 saturated heterocycles. The lowest BCUT2D eigenvalue weighted by Crippen LogP contribution is -2.29. The molecule has 0 amide bonds. The first kappa shape index (κ1) is 18.5. The molecule has 1 aliphatic rings. The summed E-state index contributed by atoms with van der Waals surface area (Å²) in [6.45, 7) is 7.08. The highest BCUT2D eigenvalue weighted by Gasteiger charge is 2.40. The third-order valence-electron chi connectivity index (χ3n) is 5.45. The zero-order valence-electron chi connectivity index (χ0n) is 16.3. The fourth-order valence-corrected chi connectivity index (χ4v) is 4.57. The van der Waals surface area contributed by atoms with Gasteiger partial charge in [0.05, 0.1) is 23.5 Å². The lowest BCUT2D eigenvalue weighted by atomic mass is 9.97. The van der Waals surface area contributed by atoms with E-state index in [0.717, 1.165) is 34.4 Å². The van der Waals surface area contributed by atoms with Crippen LogP contribution < -0.4 is 5.32 Å². The molecule has 4 rings (SSSR count). The Morgan fingerprint density at radius 1 is 1.14 bits per heavy atom. The second kappa shape index (κ2) is 7.28.